The van der Waals surface area contributed by atoms with Gasteiger partial charge in [-0.2, -0.15) is 0 Å². The van der Waals surface area contributed by atoms with Crippen LogP contribution in [0, 0.1) is 0 Å². The molecule has 0 saturated heterocycles. The van der Waals surface area contributed by atoms with Crippen molar-refractivity contribution in [1.82, 2.24) is 5.32 Å². The van der Waals surface area contributed by atoms with Gasteiger partial charge in [0.15, 0.2) is 0 Å². The summed E-state index contributed by atoms with van der Waals surface area (Å²) in [5, 5.41) is 3.08. The fraction of sp³-hybridized carbons (Fsp3) is 0.333. The molecule has 62 valence electrons. The molecule has 0 bridgehead atoms. The van der Waals surface area contributed by atoms with Crippen LogP contribution in [0.1, 0.15) is 13.3 Å². The van der Waals surface area contributed by atoms with Crippen molar-refractivity contribution in [3.63, 3.8) is 0 Å². The van der Waals surface area contributed by atoms with Crippen LogP contribution in [-0.2, 0) is 4.79 Å². The molecule has 0 unspecified atom stereocenters. The third-order valence-corrected chi connectivity index (χ3v) is 2.02. The molecule has 0 radical (unpaired) electrons. The van der Waals surface area contributed by atoms with E-state index < -0.39 is 0 Å². The van der Waals surface area contributed by atoms with Crippen LogP contribution < -0.4 is 5.32 Å². The van der Waals surface area contributed by atoms with Crippen LogP contribution in [0.5, 0.6) is 0 Å². The van der Waals surface area contributed by atoms with Crippen LogP contribution in [0.2, 0.25) is 0 Å². The minimum Gasteiger partial charge on any atom is -0.387 e. The molecular weight excluding hydrogens is 152 g/mol. The Morgan fingerprint density at radius 2 is 2.42 bits per heavy atom. The van der Waals surface area contributed by atoms with Gasteiger partial charge < -0.3 is 5.32 Å². The molecule has 1 amide bonds. The third-order valence-electron chi connectivity index (χ3n) is 2.02. The molecule has 2 heterocycles. The molecule has 0 aromatic carbocycles. The average molecular weight is 162 g/mol. The van der Waals surface area contributed by atoms with Crippen LogP contribution >= 0.6 is 0 Å². The zero-order valence-electron chi connectivity index (χ0n) is 6.92. The molecule has 3 heteroatoms. The fourth-order valence-corrected chi connectivity index (χ4v) is 1.47. The average Bonchev–Trinajstić information content (AvgIpc) is 2.04. The Labute approximate surface area is 70.9 Å². The molecule has 0 spiro atoms. The lowest BCUT2D eigenvalue weighted by molar-refractivity contribution is -0.114. The first-order valence-corrected chi connectivity index (χ1v) is 3.99. The maximum absolute atomic E-state index is 11.3. The van der Waals surface area contributed by atoms with Crippen molar-refractivity contribution >= 4 is 11.6 Å². The molecule has 0 aromatic rings. The zero-order valence-corrected chi connectivity index (χ0v) is 6.92. The smallest absolute Gasteiger partial charge is 0.276 e. The number of dihydropyridines is 1. The van der Waals surface area contributed by atoms with Gasteiger partial charge in [0.1, 0.15) is 0 Å². The second kappa shape index (κ2) is 2.59. The molecule has 2 rings (SSSR count). The second-order valence-corrected chi connectivity index (χ2v) is 3.02. The van der Waals surface area contributed by atoms with Crippen molar-refractivity contribution in [3.05, 3.63) is 23.4 Å². The van der Waals surface area contributed by atoms with Crippen molar-refractivity contribution < 1.29 is 4.79 Å². The molecule has 2 aliphatic rings. The number of hydrogen-bond donors (Lipinski definition) is 1. The van der Waals surface area contributed by atoms with E-state index in [1.165, 1.54) is 0 Å². The Morgan fingerprint density at radius 3 is 3.25 bits per heavy atom. The van der Waals surface area contributed by atoms with Gasteiger partial charge in [0.2, 0.25) is 0 Å². The van der Waals surface area contributed by atoms with Gasteiger partial charge in [-0.05, 0) is 12.5 Å². The lowest BCUT2D eigenvalue weighted by Gasteiger charge is -2.18. The minimum atomic E-state index is -0.0912. The Morgan fingerprint density at radius 1 is 1.58 bits per heavy atom. The zero-order chi connectivity index (χ0) is 8.55. The molecule has 12 heavy (non-hydrogen) atoms. The number of carbonyl (C=O) groups is 1. The van der Waals surface area contributed by atoms with E-state index in [0.29, 0.717) is 0 Å². The van der Waals surface area contributed by atoms with E-state index in [1.807, 2.05) is 19.2 Å². The number of carbonyl (C=O) groups excluding carboxylic acids is 1. The molecule has 1 N–H and O–H groups in total. The van der Waals surface area contributed by atoms with Gasteiger partial charge in [-0.15, -0.1) is 0 Å². The first-order valence-electron chi connectivity index (χ1n) is 3.99. The van der Waals surface area contributed by atoms with Crippen molar-refractivity contribution in [2.75, 3.05) is 6.54 Å². The van der Waals surface area contributed by atoms with Gasteiger partial charge in [0.05, 0.1) is 0 Å². The fourth-order valence-electron chi connectivity index (χ4n) is 1.47. The number of hydrogen-bond acceptors (Lipinski definition) is 2. The van der Waals surface area contributed by atoms with E-state index in [-0.39, 0.29) is 5.91 Å². The van der Waals surface area contributed by atoms with Gasteiger partial charge in [-0.3, -0.25) is 4.79 Å². The molecular formula is C9H10N2O. The number of aliphatic imine (C=N–C) groups is 1. The number of nitrogens with one attached hydrogen (secondary N) is 1. The summed E-state index contributed by atoms with van der Waals surface area (Å²) in [7, 11) is 0. The number of fused-ring (bicyclic) bond motifs is 1. The largest absolute Gasteiger partial charge is 0.387 e. The van der Waals surface area contributed by atoms with E-state index in [0.717, 1.165) is 29.8 Å². The summed E-state index contributed by atoms with van der Waals surface area (Å²) in [4.78, 5) is 15.2. The van der Waals surface area contributed by atoms with E-state index in [2.05, 4.69) is 10.3 Å². The molecule has 0 aliphatic carbocycles. The predicted molar refractivity (Wildman–Crippen MR) is 46.9 cm³/mol. The Bertz CT molecular complexity index is 323. The highest BCUT2D eigenvalue weighted by Gasteiger charge is 2.21. The van der Waals surface area contributed by atoms with Gasteiger partial charge in [-0.1, -0.05) is 6.08 Å². The van der Waals surface area contributed by atoms with Crippen LogP contribution in [0.3, 0.4) is 0 Å². The highest BCUT2D eigenvalue weighted by Crippen LogP contribution is 2.22. The van der Waals surface area contributed by atoms with Crippen molar-refractivity contribution in [2.24, 2.45) is 4.99 Å². The third kappa shape index (κ3) is 1.07. The number of amides is 1. The molecule has 0 atom stereocenters. The van der Waals surface area contributed by atoms with Crippen molar-refractivity contribution in [3.8, 4) is 0 Å². The monoisotopic (exact) mass is 162 g/mol. The van der Waals surface area contributed by atoms with Crippen LogP contribution in [0.4, 0.5) is 0 Å². The lowest BCUT2D eigenvalue weighted by Crippen LogP contribution is -2.21. The summed E-state index contributed by atoms with van der Waals surface area (Å²) in [6, 6.07) is 0. The number of rotatable bonds is 0. The molecule has 0 aromatic heterocycles. The topological polar surface area (TPSA) is 41.5 Å². The van der Waals surface area contributed by atoms with E-state index >= 15 is 0 Å². The summed E-state index contributed by atoms with van der Waals surface area (Å²) in [6.45, 7) is 2.61. The van der Waals surface area contributed by atoms with E-state index in [4.69, 9.17) is 0 Å². The summed E-state index contributed by atoms with van der Waals surface area (Å²) < 4.78 is 0. The highest BCUT2D eigenvalue weighted by atomic mass is 16.1. The number of nitrogens with zero attached hydrogens (tertiary/aromatic N) is 1. The van der Waals surface area contributed by atoms with Gasteiger partial charge in [-0.25, -0.2) is 4.99 Å². The minimum absolute atomic E-state index is 0.0912. The maximum Gasteiger partial charge on any atom is 0.276 e. The van der Waals surface area contributed by atoms with Gasteiger partial charge in [0.25, 0.3) is 5.91 Å². The van der Waals surface area contributed by atoms with Crippen LogP contribution in [-0.4, -0.2) is 18.2 Å². The first kappa shape index (κ1) is 7.28. The summed E-state index contributed by atoms with van der Waals surface area (Å²) in [5.74, 6) is -0.0912. The summed E-state index contributed by atoms with van der Waals surface area (Å²) >= 11 is 0. The normalized spacial score (nSPS) is 21.8. The van der Waals surface area contributed by atoms with Crippen LogP contribution in [0.25, 0.3) is 0 Å². The van der Waals surface area contributed by atoms with E-state index in [9.17, 15) is 4.79 Å². The molecule has 0 saturated carbocycles. The Hall–Kier alpha value is -1.38. The standard InChI is InChI=1S/C9H10N2O/c1-6-4-7-5-10-3-2-8(7)9(12)11-6/h2,5,10H,3-4H2,1H3. The maximum atomic E-state index is 11.3. The Balaban J connectivity index is 2.43. The van der Waals surface area contributed by atoms with Gasteiger partial charge in [0, 0.05) is 30.5 Å². The second-order valence-electron chi connectivity index (χ2n) is 3.02. The summed E-state index contributed by atoms with van der Waals surface area (Å²) in [6.07, 6.45) is 4.60. The Kier molecular flexibility index (Phi) is 1.57. The van der Waals surface area contributed by atoms with E-state index in [1.54, 1.807) is 0 Å². The van der Waals surface area contributed by atoms with Crippen molar-refractivity contribution in [2.45, 2.75) is 13.3 Å². The lowest BCUT2D eigenvalue weighted by atomic mass is 9.96. The predicted octanol–water partition coefficient (Wildman–Crippen LogP) is 0.791. The molecule has 3 nitrogen and oxygen atoms in total. The highest BCUT2D eigenvalue weighted by molar-refractivity contribution is 6.10. The summed E-state index contributed by atoms with van der Waals surface area (Å²) in [5.41, 5.74) is 2.74. The first-order chi connectivity index (χ1) is 5.77. The van der Waals surface area contributed by atoms with Gasteiger partial charge >= 0.3 is 0 Å². The SMILES string of the molecule is CC1=NC(=O)C2=CCNC=C2C1. The molecule has 2 aliphatic heterocycles. The molecule has 0 fully saturated rings. The van der Waals surface area contributed by atoms with Crippen LogP contribution in [0.15, 0.2) is 28.4 Å². The quantitative estimate of drug-likeness (QED) is 0.572. The van der Waals surface area contributed by atoms with Crippen molar-refractivity contribution in [1.29, 1.82) is 0 Å².